The lowest BCUT2D eigenvalue weighted by Gasteiger charge is -2.21. The summed E-state index contributed by atoms with van der Waals surface area (Å²) in [7, 11) is 2.04. The molecule has 0 unspecified atom stereocenters. The average Bonchev–Trinajstić information content (AvgIpc) is 2.50. The van der Waals surface area contributed by atoms with Crippen LogP contribution in [0, 0.1) is 0 Å². The molecule has 0 fully saturated rings. The van der Waals surface area contributed by atoms with Gasteiger partial charge < -0.3 is 10.0 Å². The van der Waals surface area contributed by atoms with E-state index in [9.17, 15) is 5.11 Å². The zero-order valence-corrected chi connectivity index (χ0v) is 13.7. The van der Waals surface area contributed by atoms with E-state index in [1.165, 1.54) is 5.56 Å². The highest BCUT2D eigenvalue weighted by Crippen LogP contribution is 2.25. The van der Waals surface area contributed by atoms with Crippen molar-refractivity contribution in [3.8, 4) is 0 Å². The van der Waals surface area contributed by atoms with Gasteiger partial charge in [-0.05, 0) is 47.4 Å². The molecule has 0 radical (unpaired) electrons. The van der Waals surface area contributed by atoms with Crippen LogP contribution in [0.2, 0.25) is 10.0 Å². The minimum atomic E-state index is 0.0833. The summed E-state index contributed by atoms with van der Waals surface area (Å²) in [5, 5.41) is 10.5. The Bertz CT molecular complexity index is 628. The molecule has 2 nitrogen and oxygen atoms in total. The minimum Gasteiger partial charge on any atom is -0.392 e. The Labute approximate surface area is 135 Å². The number of rotatable bonds is 5. The summed E-state index contributed by atoms with van der Waals surface area (Å²) in [4.78, 5) is 2.15. The minimum absolute atomic E-state index is 0.0833. The number of hydrogen-bond acceptors (Lipinski definition) is 2. The summed E-state index contributed by atoms with van der Waals surface area (Å²) in [6.07, 6.45) is 0.907. The molecule has 2 aromatic rings. The SMILES string of the molecule is CCc1cc(N(C)Cc2ccc(Cl)c(Cl)c2)ccc1CO. The highest BCUT2D eigenvalue weighted by atomic mass is 35.5. The van der Waals surface area contributed by atoms with Crippen LogP contribution in [-0.2, 0) is 19.6 Å². The molecule has 2 aromatic carbocycles. The van der Waals surface area contributed by atoms with Crippen molar-refractivity contribution in [1.82, 2.24) is 0 Å². The molecule has 0 aromatic heterocycles. The van der Waals surface area contributed by atoms with Crippen molar-refractivity contribution < 1.29 is 5.11 Å². The van der Waals surface area contributed by atoms with Crippen molar-refractivity contribution in [2.75, 3.05) is 11.9 Å². The summed E-state index contributed by atoms with van der Waals surface area (Å²) in [6, 6.07) is 11.8. The third-order valence-corrected chi connectivity index (χ3v) is 4.32. The Morgan fingerprint density at radius 3 is 2.38 bits per heavy atom. The Kier molecular flexibility index (Phi) is 5.51. The molecule has 0 heterocycles. The van der Waals surface area contributed by atoms with Gasteiger partial charge in [0.2, 0.25) is 0 Å². The van der Waals surface area contributed by atoms with Crippen LogP contribution >= 0.6 is 23.2 Å². The fourth-order valence-corrected chi connectivity index (χ4v) is 2.66. The van der Waals surface area contributed by atoms with E-state index >= 15 is 0 Å². The van der Waals surface area contributed by atoms with Crippen LogP contribution in [0.4, 0.5) is 5.69 Å². The summed E-state index contributed by atoms with van der Waals surface area (Å²) < 4.78 is 0. The van der Waals surface area contributed by atoms with Crippen LogP contribution in [0.1, 0.15) is 23.6 Å². The first-order valence-electron chi connectivity index (χ1n) is 6.93. The van der Waals surface area contributed by atoms with Crippen LogP contribution in [-0.4, -0.2) is 12.2 Å². The van der Waals surface area contributed by atoms with Gasteiger partial charge in [0.25, 0.3) is 0 Å². The van der Waals surface area contributed by atoms with Crippen LogP contribution in [0.3, 0.4) is 0 Å². The van der Waals surface area contributed by atoms with Crippen molar-refractivity contribution in [1.29, 1.82) is 0 Å². The predicted octanol–water partition coefficient (Wildman–Crippen LogP) is 4.68. The van der Waals surface area contributed by atoms with Crippen LogP contribution < -0.4 is 4.90 Å². The number of halogens is 2. The fourth-order valence-electron chi connectivity index (χ4n) is 2.34. The first kappa shape index (κ1) is 16.2. The van der Waals surface area contributed by atoms with Gasteiger partial charge >= 0.3 is 0 Å². The standard InChI is InChI=1S/C17H19Cl2NO/c1-3-13-9-15(6-5-14(13)11-21)20(2)10-12-4-7-16(18)17(19)8-12/h4-9,21H,3,10-11H2,1-2H3. The molecule has 0 bridgehead atoms. The molecule has 0 aliphatic rings. The van der Waals surface area contributed by atoms with Gasteiger partial charge in [0.15, 0.2) is 0 Å². The molecule has 0 saturated carbocycles. The summed E-state index contributed by atoms with van der Waals surface area (Å²) in [5.41, 5.74) is 4.39. The molecule has 1 N–H and O–H groups in total. The smallest absolute Gasteiger partial charge is 0.0684 e. The number of hydrogen-bond donors (Lipinski definition) is 1. The van der Waals surface area contributed by atoms with Gasteiger partial charge in [-0.25, -0.2) is 0 Å². The van der Waals surface area contributed by atoms with Crippen molar-refractivity contribution in [2.45, 2.75) is 26.5 Å². The third kappa shape index (κ3) is 3.91. The van der Waals surface area contributed by atoms with Crippen molar-refractivity contribution in [3.05, 3.63) is 63.1 Å². The molecular formula is C17H19Cl2NO. The fraction of sp³-hybridized carbons (Fsp3) is 0.294. The van der Waals surface area contributed by atoms with E-state index < -0.39 is 0 Å². The van der Waals surface area contributed by atoms with Crippen molar-refractivity contribution in [3.63, 3.8) is 0 Å². The Morgan fingerprint density at radius 2 is 1.76 bits per heavy atom. The maximum atomic E-state index is 9.33. The molecule has 0 amide bonds. The van der Waals surface area contributed by atoms with E-state index in [4.69, 9.17) is 23.2 Å². The van der Waals surface area contributed by atoms with E-state index in [0.717, 1.165) is 29.8 Å². The van der Waals surface area contributed by atoms with Crippen LogP contribution in [0.5, 0.6) is 0 Å². The second kappa shape index (κ2) is 7.17. The monoisotopic (exact) mass is 323 g/mol. The number of nitrogens with zero attached hydrogens (tertiary/aromatic N) is 1. The van der Waals surface area contributed by atoms with Gasteiger partial charge in [-0.15, -0.1) is 0 Å². The molecule has 112 valence electrons. The third-order valence-electron chi connectivity index (χ3n) is 3.59. The van der Waals surface area contributed by atoms with E-state index in [-0.39, 0.29) is 6.61 Å². The average molecular weight is 324 g/mol. The zero-order chi connectivity index (χ0) is 15.4. The highest BCUT2D eigenvalue weighted by molar-refractivity contribution is 6.42. The lowest BCUT2D eigenvalue weighted by atomic mass is 10.0. The molecule has 0 aliphatic heterocycles. The lowest BCUT2D eigenvalue weighted by molar-refractivity contribution is 0.280. The van der Waals surface area contributed by atoms with Gasteiger partial charge in [0.05, 0.1) is 16.7 Å². The van der Waals surface area contributed by atoms with E-state index in [2.05, 4.69) is 17.9 Å². The van der Waals surface area contributed by atoms with Gasteiger partial charge in [0, 0.05) is 19.3 Å². The largest absolute Gasteiger partial charge is 0.392 e. The maximum Gasteiger partial charge on any atom is 0.0684 e. The Balaban J connectivity index is 2.19. The normalized spacial score (nSPS) is 10.7. The second-order valence-corrected chi connectivity index (χ2v) is 5.88. The summed E-state index contributed by atoms with van der Waals surface area (Å²) in [5.74, 6) is 0. The molecule has 21 heavy (non-hydrogen) atoms. The molecule has 2 rings (SSSR count). The van der Waals surface area contributed by atoms with Gasteiger partial charge in [0.1, 0.15) is 0 Å². The quantitative estimate of drug-likeness (QED) is 0.863. The first-order chi connectivity index (χ1) is 10.0. The van der Waals surface area contributed by atoms with Gasteiger partial charge in [-0.2, -0.15) is 0 Å². The number of anilines is 1. The maximum absolute atomic E-state index is 9.33. The Morgan fingerprint density at radius 1 is 1.00 bits per heavy atom. The Hall–Kier alpha value is -1.22. The topological polar surface area (TPSA) is 23.5 Å². The molecule has 0 spiro atoms. The number of aliphatic hydroxyl groups excluding tert-OH is 1. The van der Waals surface area contributed by atoms with Crippen LogP contribution in [0.25, 0.3) is 0 Å². The number of aryl methyl sites for hydroxylation is 1. The molecule has 4 heteroatoms. The molecular weight excluding hydrogens is 305 g/mol. The second-order valence-electron chi connectivity index (χ2n) is 5.07. The van der Waals surface area contributed by atoms with Gasteiger partial charge in [-0.1, -0.05) is 42.3 Å². The van der Waals surface area contributed by atoms with Crippen molar-refractivity contribution >= 4 is 28.9 Å². The molecule has 0 aliphatic carbocycles. The zero-order valence-electron chi connectivity index (χ0n) is 12.2. The van der Waals surface area contributed by atoms with Crippen LogP contribution in [0.15, 0.2) is 36.4 Å². The number of benzene rings is 2. The number of aliphatic hydroxyl groups is 1. The summed E-state index contributed by atoms with van der Waals surface area (Å²) in [6.45, 7) is 2.93. The van der Waals surface area contributed by atoms with E-state index in [1.807, 2.05) is 37.4 Å². The van der Waals surface area contributed by atoms with E-state index in [0.29, 0.717) is 10.0 Å². The van der Waals surface area contributed by atoms with Gasteiger partial charge in [-0.3, -0.25) is 0 Å². The molecule has 0 saturated heterocycles. The predicted molar refractivity (Wildman–Crippen MR) is 90.3 cm³/mol. The summed E-state index contributed by atoms with van der Waals surface area (Å²) >= 11 is 12.0. The molecule has 0 atom stereocenters. The lowest BCUT2D eigenvalue weighted by Crippen LogP contribution is -2.16. The first-order valence-corrected chi connectivity index (χ1v) is 7.68. The highest BCUT2D eigenvalue weighted by Gasteiger charge is 2.07. The van der Waals surface area contributed by atoms with E-state index in [1.54, 1.807) is 0 Å². The van der Waals surface area contributed by atoms with Crippen molar-refractivity contribution in [2.24, 2.45) is 0 Å².